The summed E-state index contributed by atoms with van der Waals surface area (Å²) in [6, 6.07) is 22.4. The van der Waals surface area contributed by atoms with E-state index in [0.29, 0.717) is 23.6 Å². The molecule has 0 saturated carbocycles. The largest absolute Gasteiger partial charge is 0.307 e. The predicted molar refractivity (Wildman–Crippen MR) is 105 cm³/mol. The fourth-order valence-corrected chi connectivity index (χ4v) is 4.50. The molecule has 1 N–H and O–H groups in total. The van der Waals surface area contributed by atoms with Crippen LogP contribution in [0.1, 0.15) is 17.2 Å². The van der Waals surface area contributed by atoms with Crippen molar-refractivity contribution in [3.63, 3.8) is 0 Å². The second-order valence-electron chi connectivity index (χ2n) is 7.52. The Kier molecular flexibility index (Phi) is 4.23. The van der Waals surface area contributed by atoms with Crippen molar-refractivity contribution in [2.24, 2.45) is 0 Å². The van der Waals surface area contributed by atoms with Gasteiger partial charge in [-0.15, -0.1) is 0 Å². The first kappa shape index (κ1) is 16.6. The first-order valence-electron chi connectivity index (χ1n) is 9.51. The second-order valence-corrected chi connectivity index (χ2v) is 7.52. The zero-order valence-electron chi connectivity index (χ0n) is 15.1. The number of nitrogens with one attached hydrogen (secondary N) is 1. The zero-order chi connectivity index (χ0) is 18.2. The molecule has 3 fully saturated rings. The zero-order valence-corrected chi connectivity index (χ0v) is 15.1. The lowest BCUT2D eigenvalue weighted by atomic mass is 9.74. The van der Waals surface area contributed by atoms with Crippen LogP contribution >= 0.6 is 0 Å². The van der Waals surface area contributed by atoms with Crippen molar-refractivity contribution < 1.29 is 4.39 Å². The van der Waals surface area contributed by atoms with Crippen molar-refractivity contribution in [2.75, 3.05) is 13.1 Å². The molecule has 3 nitrogen and oxygen atoms in total. The van der Waals surface area contributed by atoms with Crippen molar-refractivity contribution in [3.05, 3.63) is 90.0 Å². The van der Waals surface area contributed by atoms with Gasteiger partial charge in [-0.25, -0.2) is 4.39 Å². The lowest BCUT2D eigenvalue weighted by Gasteiger charge is -2.55. The van der Waals surface area contributed by atoms with Gasteiger partial charge < -0.3 is 5.32 Å². The molecular formula is C23H22FN3. The molecule has 6 rings (SSSR count). The number of aromatic nitrogens is 1. The highest BCUT2D eigenvalue weighted by molar-refractivity contribution is 5.64. The summed E-state index contributed by atoms with van der Waals surface area (Å²) < 4.78 is 14.0. The average molecular weight is 359 g/mol. The molecule has 3 atom stereocenters. The number of hydrogen-bond acceptors (Lipinski definition) is 3. The first-order chi connectivity index (χ1) is 13.3. The average Bonchev–Trinajstić information content (AvgIpc) is 2.70. The SMILES string of the molecule is Fc1ccccc1-c1ccc(C2[C@@H]3CN(Cc4ccccn4)C[C@H]2N3)cc1. The van der Waals surface area contributed by atoms with Gasteiger partial charge in [0.1, 0.15) is 5.82 Å². The molecule has 4 heteroatoms. The van der Waals surface area contributed by atoms with E-state index in [4.69, 9.17) is 0 Å². The molecule has 3 saturated heterocycles. The van der Waals surface area contributed by atoms with Crippen LogP contribution in [0.2, 0.25) is 0 Å². The van der Waals surface area contributed by atoms with Gasteiger partial charge in [-0.1, -0.05) is 48.5 Å². The fraction of sp³-hybridized carbons (Fsp3) is 0.261. The molecule has 136 valence electrons. The number of benzene rings is 2. The molecule has 0 spiro atoms. The number of nitrogens with zero attached hydrogens (tertiary/aromatic N) is 2. The summed E-state index contributed by atoms with van der Waals surface area (Å²) in [5.74, 6) is 0.372. The van der Waals surface area contributed by atoms with Crippen molar-refractivity contribution in [1.29, 1.82) is 0 Å². The molecule has 2 aromatic carbocycles. The lowest BCUT2D eigenvalue weighted by molar-refractivity contribution is 0.0463. The molecule has 3 aromatic rings. The normalized spacial score (nSPS) is 24.4. The summed E-state index contributed by atoms with van der Waals surface area (Å²) in [5.41, 5.74) is 4.08. The summed E-state index contributed by atoms with van der Waals surface area (Å²) in [5, 5.41) is 3.68. The fourth-order valence-electron chi connectivity index (χ4n) is 4.50. The summed E-state index contributed by atoms with van der Waals surface area (Å²) >= 11 is 0. The van der Waals surface area contributed by atoms with Gasteiger partial charge in [0.15, 0.2) is 0 Å². The summed E-state index contributed by atoms with van der Waals surface area (Å²) in [6.45, 7) is 2.98. The van der Waals surface area contributed by atoms with E-state index in [1.54, 1.807) is 6.07 Å². The number of piperazine rings is 1. The molecule has 3 aliphatic rings. The van der Waals surface area contributed by atoms with Crippen molar-refractivity contribution in [2.45, 2.75) is 24.5 Å². The Balaban J connectivity index is 1.28. The van der Waals surface area contributed by atoms with Crippen LogP contribution in [0.4, 0.5) is 4.39 Å². The van der Waals surface area contributed by atoms with Gasteiger partial charge in [-0.3, -0.25) is 9.88 Å². The van der Waals surface area contributed by atoms with E-state index in [1.807, 2.05) is 42.6 Å². The number of rotatable bonds is 4. The third-order valence-electron chi connectivity index (χ3n) is 5.80. The summed E-state index contributed by atoms with van der Waals surface area (Å²) in [4.78, 5) is 6.93. The predicted octanol–water partition coefficient (Wildman–Crippen LogP) is 3.83. The maximum Gasteiger partial charge on any atom is 0.131 e. The Hall–Kier alpha value is -2.56. The first-order valence-corrected chi connectivity index (χ1v) is 9.51. The quantitative estimate of drug-likeness (QED) is 0.767. The molecule has 4 heterocycles. The topological polar surface area (TPSA) is 28.2 Å². The van der Waals surface area contributed by atoms with E-state index >= 15 is 0 Å². The minimum absolute atomic E-state index is 0.169. The molecule has 0 radical (unpaired) electrons. The van der Waals surface area contributed by atoms with Gasteiger partial charge in [0, 0.05) is 49.4 Å². The minimum atomic E-state index is -0.169. The highest BCUT2D eigenvalue weighted by Crippen LogP contribution is 2.38. The van der Waals surface area contributed by atoms with Gasteiger partial charge in [0.25, 0.3) is 0 Å². The van der Waals surface area contributed by atoms with Gasteiger partial charge in [-0.05, 0) is 29.3 Å². The Morgan fingerprint density at radius 3 is 2.37 bits per heavy atom. The van der Waals surface area contributed by atoms with E-state index in [-0.39, 0.29) is 5.82 Å². The number of piperidine rings is 1. The van der Waals surface area contributed by atoms with Crippen LogP contribution in [0.15, 0.2) is 72.9 Å². The number of halogens is 1. The van der Waals surface area contributed by atoms with Gasteiger partial charge in [0.2, 0.25) is 0 Å². The summed E-state index contributed by atoms with van der Waals surface area (Å²) in [7, 11) is 0. The second kappa shape index (κ2) is 6.87. The molecule has 1 unspecified atom stereocenters. The standard InChI is InChI=1S/C23H22FN3/c24-20-7-2-1-6-19(20)16-8-10-17(11-9-16)23-21-14-27(15-22(23)26-21)13-18-5-3-4-12-25-18/h1-12,21-23,26H,13-15H2/t21-,22+,23?. The van der Waals surface area contributed by atoms with Gasteiger partial charge in [0.05, 0.1) is 5.69 Å². The van der Waals surface area contributed by atoms with Crippen LogP contribution in [0.25, 0.3) is 11.1 Å². The molecular weight excluding hydrogens is 337 g/mol. The highest BCUT2D eigenvalue weighted by atomic mass is 19.1. The Bertz CT molecular complexity index is 914. The number of pyridine rings is 1. The van der Waals surface area contributed by atoms with Crippen LogP contribution in [0.3, 0.4) is 0 Å². The third-order valence-corrected chi connectivity index (χ3v) is 5.80. The minimum Gasteiger partial charge on any atom is -0.307 e. The van der Waals surface area contributed by atoms with E-state index in [1.165, 1.54) is 11.6 Å². The van der Waals surface area contributed by atoms with Gasteiger partial charge >= 0.3 is 0 Å². The van der Waals surface area contributed by atoms with Crippen LogP contribution < -0.4 is 5.32 Å². The van der Waals surface area contributed by atoms with E-state index in [9.17, 15) is 4.39 Å². The van der Waals surface area contributed by atoms with E-state index in [0.717, 1.165) is 30.9 Å². The number of fused-ring (bicyclic) bond motifs is 2. The highest BCUT2D eigenvalue weighted by Gasteiger charge is 2.46. The van der Waals surface area contributed by atoms with Crippen LogP contribution in [0.5, 0.6) is 0 Å². The van der Waals surface area contributed by atoms with Crippen molar-refractivity contribution >= 4 is 0 Å². The number of hydrogen-bond donors (Lipinski definition) is 1. The Morgan fingerprint density at radius 2 is 1.67 bits per heavy atom. The molecule has 27 heavy (non-hydrogen) atoms. The monoisotopic (exact) mass is 359 g/mol. The van der Waals surface area contributed by atoms with Gasteiger partial charge in [-0.2, -0.15) is 0 Å². The maximum absolute atomic E-state index is 14.0. The van der Waals surface area contributed by atoms with Crippen LogP contribution in [0, 0.1) is 5.82 Å². The summed E-state index contributed by atoms with van der Waals surface area (Å²) in [6.07, 6.45) is 1.86. The van der Waals surface area contributed by atoms with E-state index < -0.39 is 0 Å². The Labute approximate surface area is 158 Å². The third kappa shape index (κ3) is 3.15. The van der Waals surface area contributed by atoms with Crippen LogP contribution in [-0.2, 0) is 6.54 Å². The smallest absolute Gasteiger partial charge is 0.131 e. The molecule has 1 aromatic heterocycles. The maximum atomic E-state index is 14.0. The lowest BCUT2D eigenvalue weighted by Crippen LogP contribution is -2.71. The van der Waals surface area contributed by atoms with E-state index in [2.05, 4.69) is 33.4 Å². The molecule has 0 amide bonds. The molecule has 0 aliphatic carbocycles. The Morgan fingerprint density at radius 1 is 0.926 bits per heavy atom. The van der Waals surface area contributed by atoms with Crippen molar-refractivity contribution in [1.82, 2.24) is 15.2 Å². The van der Waals surface area contributed by atoms with Crippen molar-refractivity contribution in [3.8, 4) is 11.1 Å². The molecule has 2 bridgehead atoms. The molecule has 3 aliphatic heterocycles. The van der Waals surface area contributed by atoms with Crippen LogP contribution in [-0.4, -0.2) is 35.1 Å².